The molecule has 0 radical (unpaired) electrons. The molecule has 2 nitrogen and oxygen atoms in total. The highest BCUT2D eigenvalue weighted by atomic mass is 35.5. The van der Waals surface area contributed by atoms with E-state index in [0.717, 1.165) is 29.3 Å². The van der Waals surface area contributed by atoms with Gasteiger partial charge in [-0.3, -0.25) is 4.90 Å². The summed E-state index contributed by atoms with van der Waals surface area (Å²) in [6.45, 7) is 7.77. The van der Waals surface area contributed by atoms with E-state index < -0.39 is 0 Å². The van der Waals surface area contributed by atoms with Crippen molar-refractivity contribution in [3.63, 3.8) is 0 Å². The molecule has 0 bridgehead atoms. The van der Waals surface area contributed by atoms with Crippen LogP contribution in [0.25, 0.3) is 11.1 Å². The Hall–Kier alpha value is -1.51. The maximum absolute atomic E-state index is 6.46. The quantitative estimate of drug-likeness (QED) is 0.729. The van der Waals surface area contributed by atoms with Crippen LogP contribution in [0.2, 0.25) is 5.02 Å². The zero-order valence-electron chi connectivity index (χ0n) is 15.1. The minimum absolute atomic E-state index is 0.245. The van der Waals surface area contributed by atoms with Crippen molar-refractivity contribution in [1.82, 2.24) is 4.90 Å². The number of hydrogen-bond acceptors (Lipinski definition) is 2. The Kier molecular flexibility index (Phi) is 4.75. The van der Waals surface area contributed by atoms with Crippen molar-refractivity contribution in [3.8, 4) is 16.9 Å². The first-order chi connectivity index (χ1) is 12.1. The summed E-state index contributed by atoms with van der Waals surface area (Å²) >= 11 is 6.46. The summed E-state index contributed by atoms with van der Waals surface area (Å²) in [7, 11) is 0. The number of benzene rings is 2. The molecule has 2 aromatic rings. The molecule has 2 heterocycles. The number of halogens is 1. The molecule has 0 spiro atoms. The Labute approximate surface area is 155 Å². The highest BCUT2D eigenvalue weighted by molar-refractivity contribution is 6.31. The SMILES string of the molecule is Cc1cccc(C)c1-c1cc(Cl)cc2c1OC(CN1CCCCC1)C2. The third-order valence-electron chi connectivity index (χ3n) is 5.52. The standard InChI is InChI=1S/C22H26ClNO/c1-15-7-6-8-16(2)21(15)20-13-18(23)11-17-12-19(25-22(17)20)14-24-9-4-3-5-10-24/h6-8,11,13,19H,3-5,9-10,12,14H2,1-2H3. The van der Waals surface area contributed by atoms with Gasteiger partial charge < -0.3 is 4.74 Å². The molecular formula is C22H26ClNO. The van der Waals surface area contributed by atoms with E-state index in [1.807, 2.05) is 0 Å². The summed E-state index contributed by atoms with van der Waals surface area (Å²) in [5, 5.41) is 0.804. The molecule has 25 heavy (non-hydrogen) atoms. The number of hydrogen-bond donors (Lipinski definition) is 0. The average Bonchev–Trinajstić information content (AvgIpc) is 2.97. The summed E-state index contributed by atoms with van der Waals surface area (Å²) < 4.78 is 6.46. The van der Waals surface area contributed by atoms with E-state index in [9.17, 15) is 0 Å². The number of rotatable bonds is 3. The van der Waals surface area contributed by atoms with E-state index in [-0.39, 0.29) is 6.10 Å². The molecule has 132 valence electrons. The van der Waals surface area contributed by atoms with Crippen molar-refractivity contribution in [3.05, 3.63) is 52.0 Å². The molecule has 4 rings (SSSR count). The number of likely N-dealkylation sites (tertiary alicyclic amines) is 1. The van der Waals surface area contributed by atoms with Crippen LogP contribution in [0.3, 0.4) is 0 Å². The predicted molar refractivity (Wildman–Crippen MR) is 105 cm³/mol. The van der Waals surface area contributed by atoms with Gasteiger partial charge in [0.15, 0.2) is 0 Å². The smallest absolute Gasteiger partial charge is 0.131 e. The maximum Gasteiger partial charge on any atom is 0.131 e. The van der Waals surface area contributed by atoms with Crippen LogP contribution in [0, 0.1) is 13.8 Å². The van der Waals surface area contributed by atoms with Crippen LogP contribution in [0.5, 0.6) is 5.75 Å². The highest BCUT2D eigenvalue weighted by Crippen LogP contribution is 2.43. The largest absolute Gasteiger partial charge is 0.488 e. The zero-order chi connectivity index (χ0) is 17.4. The van der Waals surface area contributed by atoms with Crippen molar-refractivity contribution in [1.29, 1.82) is 0 Å². The van der Waals surface area contributed by atoms with Gasteiger partial charge in [-0.25, -0.2) is 0 Å². The second kappa shape index (κ2) is 7.01. The predicted octanol–water partition coefficient (Wildman–Crippen LogP) is 5.41. The maximum atomic E-state index is 6.46. The van der Waals surface area contributed by atoms with Crippen LogP contribution in [-0.2, 0) is 6.42 Å². The van der Waals surface area contributed by atoms with Crippen molar-refractivity contribution in [2.45, 2.75) is 45.6 Å². The number of fused-ring (bicyclic) bond motifs is 1. The van der Waals surface area contributed by atoms with E-state index in [0.29, 0.717) is 0 Å². The normalized spacial score (nSPS) is 20.4. The Morgan fingerprint density at radius 3 is 2.52 bits per heavy atom. The van der Waals surface area contributed by atoms with Crippen LogP contribution in [0.4, 0.5) is 0 Å². The van der Waals surface area contributed by atoms with Gasteiger partial charge in [-0.2, -0.15) is 0 Å². The number of aryl methyl sites for hydroxylation is 2. The fraction of sp³-hybridized carbons (Fsp3) is 0.455. The molecule has 0 aliphatic carbocycles. The first-order valence-electron chi connectivity index (χ1n) is 9.40. The van der Waals surface area contributed by atoms with Gasteiger partial charge in [0, 0.05) is 23.6 Å². The van der Waals surface area contributed by atoms with Gasteiger partial charge >= 0.3 is 0 Å². The lowest BCUT2D eigenvalue weighted by atomic mass is 9.93. The third kappa shape index (κ3) is 3.43. The Balaban J connectivity index is 1.65. The molecule has 0 aromatic heterocycles. The van der Waals surface area contributed by atoms with Crippen molar-refractivity contribution < 1.29 is 4.74 Å². The summed E-state index contributed by atoms with van der Waals surface area (Å²) in [5.41, 5.74) is 6.21. The summed E-state index contributed by atoms with van der Waals surface area (Å²) in [6.07, 6.45) is 5.21. The molecule has 2 aliphatic rings. The third-order valence-corrected chi connectivity index (χ3v) is 5.74. The molecule has 1 unspecified atom stereocenters. The Morgan fingerprint density at radius 2 is 1.80 bits per heavy atom. The minimum Gasteiger partial charge on any atom is -0.488 e. The molecule has 2 aromatic carbocycles. The second-order valence-corrected chi connectivity index (χ2v) is 7.95. The minimum atomic E-state index is 0.245. The molecule has 2 aliphatic heterocycles. The Bertz CT molecular complexity index is 760. The zero-order valence-corrected chi connectivity index (χ0v) is 15.9. The number of ether oxygens (including phenoxy) is 1. The molecule has 0 N–H and O–H groups in total. The topological polar surface area (TPSA) is 12.5 Å². The van der Waals surface area contributed by atoms with Crippen LogP contribution in [-0.4, -0.2) is 30.6 Å². The van der Waals surface area contributed by atoms with Gasteiger partial charge in [0.2, 0.25) is 0 Å². The number of nitrogens with zero attached hydrogens (tertiary/aromatic N) is 1. The lowest BCUT2D eigenvalue weighted by Gasteiger charge is -2.28. The van der Waals surface area contributed by atoms with Crippen molar-refractivity contribution in [2.24, 2.45) is 0 Å². The van der Waals surface area contributed by atoms with Crippen LogP contribution in [0.1, 0.15) is 36.0 Å². The van der Waals surface area contributed by atoms with Gasteiger partial charge in [-0.1, -0.05) is 36.2 Å². The second-order valence-electron chi connectivity index (χ2n) is 7.51. The lowest BCUT2D eigenvalue weighted by molar-refractivity contribution is 0.134. The summed E-state index contributed by atoms with van der Waals surface area (Å²) in [5.74, 6) is 1.05. The van der Waals surface area contributed by atoms with Crippen LogP contribution >= 0.6 is 11.6 Å². The summed E-state index contributed by atoms with van der Waals surface area (Å²) in [6, 6.07) is 10.6. The molecule has 1 saturated heterocycles. The van der Waals surface area contributed by atoms with Gasteiger partial charge in [-0.05, 0) is 74.2 Å². The van der Waals surface area contributed by atoms with Crippen LogP contribution < -0.4 is 4.74 Å². The van der Waals surface area contributed by atoms with E-state index >= 15 is 0 Å². The van der Waals surface area contributed by atoms with Gasteiger partial charge in [0.1, 0.15) is 11.9 Å². The van der Waals surface area contributed by atoms with E-state index in [1.165, 1.54) is 54.6 Å². The average molecular weight is 356 g/mol. The van der Waals surface area contributed by atoms with E-state index in [1.54, 1.807) is 0 Å². The monoisotopic (exact) mass is 355 g/mol. The van der Waals surface area contributed by atoms with Crippen LogP contribution in [0.15, 0.2) is 30.3 Å². The summed E-state index contributed by atoms with van der Waals surface area (Å²) in [4.78, 5) is 2.56. The van der Waals surface area contributed by atoms with Gasteiger partial charge in [0.25, 0.3) is 0 Å². The molecule has 1 atom stereocenters. The fourth-order valence-corrected chi connectivity index (χ4v) is 4.59. The highest BCUT2D eigenvalue weighted by Gasteiger charge is 2.29. The molecule has 1 fully saturated rings. The van der Waals surface area contributed by atoms with Gasteiger partial charge in [-0.15, -0.1) is 0 Å². The Morgan fingerprint density at radius 1 is 1.08 bits per heavy atom. The molecule has 0 amide bonds. The van der Waals surface area contributed by atoms with E-state index in [4.69, 9.17) is 16.3 Å². The lowest BCUT2D eigenvalue weighted by Crippen LogP contribution is -2.38. The molecule has 0 saturated carbocycles. The van der Waals surface area contributed by atoms with E-state index in [2.05, 4.69) is 49.1 Å². The molecule has 3 heteroatoms. The van der Waals surface area contributed by atoms with Crippen molar-refractivity contribution >= 4 is 11.6 Å². The van der Waals surface area contributed by atoms with Gasteiger partial charge in [0.05, 0.1) is 0 Å². The fourth-order valence-electron chi connectivity index (χ4n) is 4.35. The first kappa shape index (κ1) is 16.9. The van der Waals surface area contributed by atoms with Crippen molar-refractivity contribution in [2.75, 3.05) is 19.6 Å². The number of piperidine rings is 1. The first-order valence-corrected chi connectivity index (χ1v) is 9.77. The molecular weight excluding hydrogens is 330 g/mol.